The summed E-state index contributed by atoms with van der Waals surface area (Å²) in [4.78, 5) is 19.2. The molecule has 1 N–H and O–H groups in total. The lowest BCUT2D eigenvalue weighted by Crippen LogP contribution is -2.11. The number of rotatable bonds is 4. The lowest BCUT2D eigenvalue weighted by atomic mass is 10.2. The second kappa shape index (κ2) is 7.12. The number of hydrogen-bond donors (Lipinski definition) is 1. The molecule has 5 nitrogen and oxygen atoms in total. The van der Waals surface area contributed by atoms with Crippen LogP contribution < -0.4 is 10.1 Å². The van der Waals surface area contributed by atoms with Crippen molar-refractivity contribution in [3.63, 3.8) is 0 Å². The molecule has 0 aliphatic rings. The molecule has 1 amide bonds. The molecule has 0 aliphatic heterocycles. The highest BCUT2D eigenvalue weighted by Crippen LogP contribution is 2.42. The van der Waals surface area contributed by atoms with Crippen molar-refractivity contribution in [2.24, 2.45) is 0 Å². The minimum atomic E-state index is -4.60. The van der Waals surface area contributed by atoms with Crippen molar-refractivity contribution < 1.29 is 22.7 Å². The molecule has 9 heteroatoms. The van der Waals surface area contributed by atoms with E-state index in [1.165, 1.54) is 31.5 Å². The first-order valence-corrected chi connectivity index (χ1v) is 8.15. The molecule has 2 aromatic heterocycles. The molecule has 0 radical (unpaired) electrons. The van der Waals surface area contributed by atoms with E-state index in [-0.39, 0.29) is 22.1 Å². The Kier molecular flexibility index (Phi) is 4.90. The number of carbonyl (C=O) groups is 1. The first kappa shape index (κ1) is 17.9. The highest BCUT2D eigenvalue weighted by Gasteiger charge is 2.38. The largest absolute Gasteiger partial charge is 0.497 e. The molecule has 3 aromatic rings. The quantitative estimate of drug-likeness (QED) is 0.726. The van der Waals surface area contributed by atoms with E-state index in [0.29, 0.717) is 17.1 Å². The molecule has 0 atom stereocenters. The predicted molar refractivity (Wildman–Crippen MR) is 91.3 cm³/mol. The third-order valence-corrected chi connectivity index (χ3v) is 4.38. The smallest absolute Gasteiger partial charge is 0.427 e. The van der Waals surface area contributed by atoms with Crippen LogP contribution in [0.15, 0.2) is 48.7 Å². The number of nitrogens with one attached hydrogen (secondary N) is 1. The summed E-state index contributed by atoms with van der Waals surface area (Å²) in [6.45, 7) is 0. The second-order valence-corrected chi connectivity index (χ2v) is 6.09. The van der Waals surface area contributed by atoms with Crippen molar-refractivity contribution in [2.45, 2.75) is 6.18 Å². The second-order valence-electron chi connectivity index (χ2n) is 5.09. The summed E-state index contributed by atoms with van der Waals surface area (Å²) >= 11 is 0.359. The summed E-state index contributed by atoms with van der Waals surface area (Å²) < 4.78 is 44.9. The van der Waals surface area contributed by atoms with Gasteiger partial charge in [0.25, 0.3) is 5.91 Å². The summed E-state index contributed by atoms with van der Waals surface area (Å²) in [5, 5.41) is 2.24. The number of thiazole rings is 1. The molecule has 2 heterocycles. The number of amides is 1. The van der Waals surface area contributed by atoms with Crippen molar-refractivity contribution in [3.8, 4) is 17.1 Å². The van der Waals surface area contributed by atoms with E-state index in [1.807, 2.05) is 0 Å². The average molecular weight is 379 g/mol. The average Bonchev–Trinajstić information content (AvgIpc) is 3.07. The minimum absolute atomic E-state index is 0.0843. The zero-order valence-electron chi connectivity index (χ0n) is 13.4. The Morgan fingerprint density at radius 3 is 2.46 bits per heavy atom. The molecule has 0 fully saturated rings. The van der Waals surface area contributed by atoms with Crippen LogP contribution in [0.2, 0.25) is 0 Å². The van der Waals surface area contributed by atoms with E-state index in [0.717, 1.165) is 0 Å². The minimum Gasteiger partial charge on any atom is -0.497 e. The fourth-order valence-corrected chi connectivity index (χ4v) is 2.99. The third-order valence-electron chi connectivity index (χ3n) is 3.36. The molecule has 3 rings (SSSR count). The van der Waals surface area contributed by atoms with Gasteiger partial charge >= 0.3 is 6.18 Å². The van der Waals surface area contributed by atoms with Gasteiger partial charge in [-0.15, -0.1) is 0 Å². The summed E-state index contributed by atoms with van der Waals surface area (Å²) in [5.74, 6) is -0.00436. The third kappa shape index (κ3) is 3.83. The van der Waals surface area contributed by atoms with Gasteiger partial charge in [0.05, 0.1) is 12.8 Å². The molecule has 0 unspecified atom stereocenters. The Balaban J connectivity index is 1.90. The normalized spacial score (nSPS) is 11.2. The lowest BCUT2D eigenvalue weighted by molar-refractivity contribution is -0.134. The Bertz CT molecular complexity index is 909. The lowest BCUT2D eigenvalue weighted by Gasteiger charge is -2.04. The Labute approximate surface area is 150 Å². The van der Waals surface area contributed by atoms with E-state index in [2.05, 4.69) is 15.3 Å². The molecule has 0 saturated carbocycles. The van der Waals surface area contributed by atoms with Crippen LogP contribution in [-0.2, 0) is 6.18 Å². The van der Waals surface area contributed by atoms with Gasteiger partial charge in [0.2, 0.25) is 0 Å². The maximum absolute atomic E-state index is 13.3. The number of alkyl halides is 3. The van der Waals surface area contributed by atoms with Gasteiger partial charge < -0.3 is 4.74 Å². The number of methoxy groups -OCH3 is 1. The highest BCUT2D eigenvalue weighted by atomic mass is 32.1. The molecular weight excluding hydrogens is 367 g/mol. The van der Waals surface area contributed by atoms with E-state index < -0.39 is 17.0 Å². The van der Waals surface area contributed by atoms with Crippen LogP contribution >= 0.6 is 11.3 Å². The molecule has 134 valence electrons. The zero-order chi connectivity index (χ0) is 18.7. The summed E-state index contributed by atoms with van der Waals surface area (Å²) in [6, 6.07) is 10.8. The van der Waals surface area contributed by atoms with Crippen LogP contribution in [0.1, 0.15) is 15.2 Å². The van der Waals surface area contributed by atoms with Gasteiger partial charge in [0, 0.05) is 11.8 Å². The first-order valence-electron chi connectivity index (χ1n) is 7.33. The fraction of sp³-hybridized carbons (Fsp3) is 0.118. The van der Waals surface area contributed by atoms with Gasteiger partial charge in [0.1, 0.15) is 16.3 Å². The molecule has 1 aromatic carbocycles. The number of halogens is 3. The van der Waals surface area contributed by atoms with Crippen molar-refractivity contribution in [1.82, 2.24) is 9.97 Å². The number of aromatic nitrogens is 2. The van der Waals surface area contributed by atoms with E-state index in [9.17, 15) is 18.0 Å². The van der Waals surface area contributed by atoms with Crippen LogP contribution in [0, 0.1) is 0 Å². The molecule has 0 aliphatic carbocycles. The number of hydrogen-bond acceptors (Lipinski definition) is 5. The van der Waals surface area contributed by atoms with Gasteiger partial charge in [-0.1, -0.05) is 17.4 Å². The van der Waals surface area contributed by atoms with Crippen molar-refractivity contribution in [3.05, 3.63) is 59.1 Å². The van der Waals surface area contributed by atoms with Gasteiger partial charge in [0.15, 0.2) is 5.13 Å². The number of benzene rings is 1. The highest BCUT2D eigenvalue weighted by molar-refractivity contribution is 7.16. The van der Waals surface area contributed by atoms with Gasteiger partial charge in [-0.3, -0.25) is 15.1 Å². The van der Waals surface area contributed by atoms with Crippen LogP contribution in [0.3, 0.4) is 0 Å². The van der Waals surface area contributed by atoms with Gasteiger partial charge in [-0.2, -0.15) is 13.2 Å². The van der Waals surface area contributed by atoms with Crippen LogP contribution in [0.5, 0.6) is 5.75 Å². The van der Waals surface area contributed by atoms with Gasteiger partial charge in [-0.25, -0.2) is 4.98 Å². The fourth-order valence-electron chi connectivity index (χ4n) is 2.15. The molecule has 0 bridgehead atoms. The topological polar surface area (TPSA) is 64.1 Å². The van der Waals surface area contributed by atoms with E-state index in [1.54, 1.807) is 24.3 Å². The number of anilines is 1. The Morgan fingerprint density at radius 2 is 1.88 bits per heavy atom. The first-order chi connectivity index (χ1) is 12.4. The Hall–Kier alpha value is -2.94. The van der Waals surface area contributed by atoms with E-state index >= 15 is 0 Å². The van der Waals surface area contributed by atoms with Crippen LogP contribution in [0.25, 0.3) is 11.4 Å². The maximum Gasteiger partial charge on any atom is 0.427 e. The molecular formula is C17H12F3N3O2S. The van der Waals surface area contributed by atoms with E-state index in [4.69, 9.17) is 4.74 Å². The standard InChI is InChI=1S/C17H12F3N3O2S/c1-25-11-7-5-10(6-8-11)15(24)23-16-22-13(12-4-2-3-9-21-12)14(26-16)17(18,19)20/h2-9H,1H3,(H,22,23,24). The molecule has 0 spiro atoms. The monoisotopic (exact) mass is 379 g/mol. The van der Waals surface area contributed by atoms with Crippen molar-refractivity contribution in [1.29, 1.82) is 0 Å². The number of ether oxygens (including phenoxy) is 1. The number of nitrogens with zero attached hydrogens (tertiary/aromatic N) is 2. The Morgan fingerprint density at radius 1 is 1.15 bits per heavy atom. The number of pyridine rings is 1. The van der Waals surface area contributed by atoms with Gasteiger partial charge in [-0.05, 0) is 36.4 Å². The predicted octanol–water partition coefficient (Wildman–Crippen LogP) is 4.48. The molecule has 26 heavy (non-hydrogen) atoms. The number of carbonyl (C=O) groups excluding carboxylic acids is 1. The maximum atomic E-state index is 13.3. The summed E-state index contributed by atoms with van der Waals surface area (Å²) in [7, 11) is 1.49. The summed E-state index contributed by atoms with van der Waals surface area (Å²) in [6.07, 6.45) is -3.22. The van der Waals surface area contributed by atoms with Crippen molar-refractivity contribution >= 4 is 22.4 Å². The van der Waals surface area contributed by atoms with Crippen LogP contribution in [-0.4, -0.2) is 23.0 Å². The summed E-state index contributed by atoms with van der Waals surface area (Å²) in [5.41, 5.74) is 0.0445. The van der Waals surface area contributed by atoms with Crippen LogP contribution in [0.4, 0.5) is 18.3 Å². The molecule has 0 saturated heterocycles. The van der Waals surface area contributed by atoms with Crippen molar-refractivity contribution in [2.75, 3.05) is 12.4 Å². The zero-order valence-corrected chi connectivity index (χ0v) is 14.2. The SMILES string of the molecule is COc1ccc(C(=O)Nc2nc(-c3ccccn3)c(C(F)(F)F)s2)cc1.